The van der Waals surface area contributed by atoms with Crippen molar-refractivity contribution in [2.45, 2.75) is 13.1 Å². The average molecular weight is 322 g/mol. The third kappa shape index (κ3) is 4.32. The van der Waals surface area contributed by atoms with Gasteiger partial charge in [0.25, 0.3) is 0 Å². The van der Waals surface area contributed by atoms with Crippen LogP contribution in [-0.4, -0.2) is 16.1 Å². The van der Waals surface area contributed by atoms with Crippen molar-refractivity contribution in [3.8, 4) is 0 Å². The molecule has 0 aliphatic heterocycles. The summed E-state index contributed by atoms with van der Waals surface area (Å²) in [6.45, 7) is 1.81. The van der Waals surface area contributed by atoms with Gasteiger partial charge in [0.1, 0.15) is 11.4 Å². The Hall–Kier alpha value is -2.83. The van der Waals surface area contributed by atoms with Gasteiger partial charge in [-0.1, -0.05) is 24.3 Å². The first-order chi connectivity index (χ1) is 10.8. The second-order valence-corrected chi connectivity index (χ2v) is 4.78. The number of para-hydroxylation sites is 1. The third-order valence-corrected chi connectivity index (χ3v) is 3.03. The molecule has 0 saturated heterocycles. The van der Waals surface area contributed by atoms with Crippen molar-refractivity contribution in [1.82, 2.24) is 4.98 Å². The summed E-state index contributed by atoms with van der Waals surface area (Å²) < 4.78 is 37.4. The molecule has 0 aliphatic rings. The fraction of sp³-hybridized carbons (Fsp3) is 0.125. The van der Waals surface area contributed by atoms with Gasteiger partial charge in [-0.3, -0.25) is 4.98 Å². The molecule has 0 atom stereocenters. The largest absolute Gasteiger partial charge is 0.477 e. The summed E-state index contributed by atoms with van der Waals surface area (Å²) in [5.74, 6) is -1.23. The molecule has 1 aromatic heterocycles. The van der Waals surface area contributed by atoms with Crippen LogP contribution in [0.3, 0.4) is 0 Å². The van der Waals surface area contributed by atoms with Gasteiger partial charge in [-0.2, -0.15) is 13.2 Å². The molecule has 0 radical (unpaired) electrons. The van der Waals surface area contributed by atoms with E-state index in [9.17, 15) is 23.1 Å². The highest BCUT2D eigenvalue weighted by molar-refractivity contribution is 5.95. The monoisotopic (exact) mass is 322 g/mol. The zero-order valence-electron chi connectivity index (χ0n) is 12.1. The summed E-state index contributed by atoms with van der Waals surface area (Å²) in [5, 5.41) is 12.0. The predicted octanol–water partition coefficient (Wildman–Crippen LogP) is 3.95. The topological polar surface area (TPSA) is 62.2 Å². The van der Waals surface area contributed by atoms with Crippen molar-refractivity contribution in [2.24, 2.45) is 0 Å². The summed E-state index contributed by atoms with van der Waals surface area (Å²) in [7, 11) is 0. The van der Waals surface area contributed by atoms with Gasteiger partial charge < -0.3 is 10.4 Å². The number of carbonyl (C=O) groups is 1. The van der Waals surface area contributed by atoms with Gasteiger partial charge in [0.15, 0.2) is 0 Å². The Morgan fingerprint density at radius 1 is 1.22 bits per heavy atom. The fourth-order valence-electron chi connectivity index (χ4n) is 1.83. The Morgan fingerprint density at radius 2 is 1.91 bits per heavy atom. The highest BCUT2D eigenvalue weighted by atomic mass is 19.4. The van der Waals surface area contributed by atoms with E-state index >= 15 is 0 Å². The van der Waals surface area contributed by atoms with Crippen LogP contribution in [0.25, 0.3) is 6.08 Å². The minimum absolute atomic E-state index is 0.166. The summed E-state index contributed by atoms with van der Waals surface area (Å²) in [5.41, 5.74) is 0.488. The van der Waals surface area contributed by atoms with E-state index in [4.69, 9.17) is 0 Å². The van der Waals surface area contributed by atoms with E-state index < -0.39 is 17.8 Å². The standard InChI is InChI=1S/C16H13F3N2O2/c1-10-4-2-3-5-12(10)21-13(15(22)23)8-11-6-7-14(20-9-11)16(17,18)19/h2-9,21H,1H3,(H,22,23). The lowest BCUT2D eigenvalue weighted by Crippen LogP contribution is -2.11. The molecule has 7 heteroatoms. The molecular formula is C16H13F3N2O2. The molecule has 120 valence electrons. The molecule has 0 fully saturated rings. The third-order valence-electron chi connectivity index (χ3n) is 3.03. The van der Waals surface area contributed by atoms with Crippen LogP contribution in [0, 0.1) is 6.92 Å². The Bertz CT molecular complexity index is 738. The number of carboxylic acids is 1. The maximum absolute atomic E-state index is 12.5. The van der Waals surface area contributed by atoms with E-state index in [0.717, 1.165) is 23.9 Å². The number of halogens is 3. The number of anilines is 1. The van der Waals surface area contributed by atoms with Crippen molar-refractivity contribution in [2.75, 3.05) is 5.32 Å². The molecule has 0 aliphatic carbocycles. The Labute approximate surface area is 130 Å². The van der Waals surface area contributed by atoms with Gasteiger partial charge in [0, 0.05) is 11.9 Å². The maximum atomic E-state index is 12.5. The summed E-state index contributed by atoms with van der Waals surface area (Å²) in [4.78, 5) is 14.6. The number of rotatable bonds is 4. The number of aryl methyl sites for hydroxylation is 1. The first kappa shape index (κ1) is 16.5. The van der Waals surface area contributed by atoms with Crippen molar-refractivity contribution in [1.29, 1.82) is 0 Å². The van der Waals surface area contributed by atoms with E-state index in [1.807, 2.05) is 19.1 Å². The lowest BCUT2D eigenvalue weighted by molar-refractivity contribution is -0.141. The minimum Gasteiger partial charge on any atom is -0.477 e. The minimum atomic E-state index is -4.53. The fourth-order valence-corrected chi connectivity index (χ4v) is 1.83. The Morgan fingerprint density at radius 3 is 2.43 bits per heavy atom. The van der Waals surface area contributed by atoms with Crippen LogP contribution in [0.4, 0.5) is 18.9 Å². The molecule has 2 rings (SSSR count). The second kappa shape index (κ2) is 6.51. The van der Waals surface area contributed by atoms with Crippen LogP contribution >= 0.6 is 0 Å². The van der Waals surface area contributed by atoms with E-state index in [0.29, 0.717) is 5.69 Å². The van der Waals surface area contributed by atoms with Crippen molar-refractivity contribution >= 4 is 17.7 Å². The van der Waals surface area contributed by atoms with Crippen LogP contribution in [0.2, 0.25) is 0 Å². The van der Waals surface area contributed by atoms with E-state index in [2.05, 4.69) is 10.3 Å². The van der Waals surface area contributed by atoms with Gasteiger partial charge in [0.05, 0.1) is 0 Å². The zero-order chi connectivity index (χ0) is 17.0. The lowest BCUT2D eigenvalue weighted by atomic mass is 10.1. The number of alkyl halides is 3. The molecule has 0 amide bonds. The van der Waals surface area contributed by atoms with Crippen LogP contribution in [0.15, 0.2) is 48.3 Å². The summed E-state index contributed by atoms with van der Waals surface area (Å²) >= 11 is 0. The smallest absolute Gasteiger partial charge is 0.433 e. The number of nitrogens with one attached hydrogen (secondary N) is 1. The summed E-state index contributed by atoms with van der Waals surface area (Å²) in [6.07, 6.45) is -2.33. The van der Waals surface area contributed by atoms with E-state index in [-0.39, 0.29) is 11.3 Å². The maximum Gasteiger partial charge on any atom is 0.433 e. The van der Waals surface area contributed by atoms with Gasteiger partial charge >= 0.3 is 12.1 Å². The number of aliphatic carboxylic acids is 1. The first-order valence-corrected chi connectivity index (χ1v) is 6.58. The quantitative estimate of drug-likeness (QED) is 0.837. The van der Waals surface area contributed by atoms with Crippen LogP contribution in [0.1, 0.15) is 16.8 Å². The van der Waals surface area contributed by atoms with E-state index in [1.54, 1.807) is 12.1 Å². The van der Waals surface area contributed by atoms with Gasteiger partial charge in [0.2, 0.25) is 0 Å². The van der Waals surface area contributed by atoms with E-state index in [1.165, 1.54) is 6.08 Å². The highest BCUT2D eigenvalue weighted by Crippen LogP contribution is 2.27. The number of hydrogen-bond acceptors (Lipinski definition) is 3. The SMILES string of the molecule is Cc1ccccc1NC(=Cc1ccc(C(F)(F)F)nc1)C(=O)O. The van der Waals surface area contributed by atoms with Crippen LogP contribution in [-0.2, 0) is 11.0 Å². The molecule has 2 aromatic rings. The molecule has 4 nitrogen and oxygen atoms in total. The zero-order valence-corrected chi connectivity index (χ0v) is 12.1. The van der Waals surface area contributed by atoms with Crippen molar-refractivity contribution in [3.05, 3.63) is 65.1 Å². The molecule has 0 spiro atoms. The number of nitrogens with zero attached hydrogens (tertiary/aromatic N) is 1. The van der Waals surface area contributed by atoms with Crippen LogP contribution < -0.4 is 5.32 Å². The van der Waals surface area contributed by atoms with Crippen molar-refractivity contribution in [3.63, 3.8) is 0 Å². The Kier molecular flexibility index (Phi) is 4.68. The van der Waals surface area contributed by atoms with Crippen molar-refractivity contribution < 1.29 is 23.1 Å². The van der Waals surface area contributed by atoms with Gasteiger partial charge in [-0.15, -0.1) is 0 Å². The Balaban J connectivity index is 2.29. The normalized spacial score (nSPS) is 12.1. The average Bonchev–Trinajstić information content (AvgIpc) is 2.48. The lowest BCUT2D eigenvalue weighted by Gasteiger charge is -2.10. The molecule has 0 unspecified atom stereocenters. The van der Waals surface area contributed by atoms with Gasteiger partial charge in [-0.25, -0.2) is 4.79 Å². The molecular weight excluding hydrogens is 309 g/mol. The number of benzene rings is 1. The highest BCUT2D eigenvalue weighted by Gasteiger charge is 2.31. The molecule has 1 heterocycles. The number of carboxylic acid groups (broad SMARTS) is 1. The number of pyridine rings is 1. The number of aromatic nitrogens is 1. The molecule has 1 aromatic carbocycles. The van der Waals surface area contributed by atoms with Gasteiger partial charge in [-0.05, 0) is 36.3 Å². The number of hydrogen-bond donors (Lipinski definition) is 2. The van der Waals surface area contributed by atoms with Crippen LogP contribution in [0.5, 0.6) is 0 Å². The molecule has 0 bridgehead atoms. The molecule has 23 heavy (non-hydrogen) atoms. The predicted molar refractivity (Wildman–Crippen MR) is 79.7 cm³/mol. The molecule has 0 saturated carbocycles. The second-order valence-electron chi connectivity index (χ2n) is 4.78. The summed E-state index contributed by atoms with van der Waals surface area (Å²) in [6, 6.07) is 9.04. The first-order valence-electron chi connectivity index (χ1n) is 6.58. The molecule has 2 N–H and O–H groups in total.